The number of carbonyl (C=O) groups excluding carboxylic acids is 3. The highest BCUT2D eigenvalue weighted by atomic mass is 32.2. The number of benzene rings is 2. The van der Waals surface area contributed by atoms with Crippen LogP contribution in [0.5, 0.6) is 5.75 Å². The van der Waals surface area contributed by atoms with Crippen LogP contribution in [0.2, 0.25) is 0 Å². The molecule has 4 heterocycles. The number of rotatable bonds is 6. The second-order valence-electron chi connectivity index (χ2n) is 10.8. The molecule has 40 heavy (non-hydrogen) atoms. The number of methoxy groups -OCH3 is 1. The van der Waals surface area contributed by atoms with Crippen molar-refractivity contribution in [2.75, 3.05) is 38.8 Å². The third-order valence-corrected chi connectivity index (χ3v) is 10.3. The summed E-state index contributed by atoms with van der Waals surface area (Å²) in [7, 11) is 3.35. The van der Waals surface area contributed by atoms with Gasteiger partial charge in [0.1, 0.15) is 11.8 Å². The van der Waals surface area contributed by atoms with Crippen LogP contribution in [0.25, 0.3) is 0 Å². The first-order chi connectivity index (χ1) is 19.4. The molecule has 0 radical (unpaired) electrons. The van der Waals surface area contributed by atoms with Gasteiger partial charge in [-0.3, -0.25) is 14.4 Å². The van der Waals surface area contributed by atoms with Crippen molar-refractivity contribution >= 4 is 35.2 Å². The number of likely N-dealkylation sites (tertiary alicyclic amines) is 1. The van der Waals surface area contributed by atoms with Gasteiger partial charge in [-0.25, -0.2) is 0 Å². The molecular weight excluding hydrogens is 526 g/mol. The van der Waals surface area contributed by atoms with Crippen LogP contribution in [0.15, 0.2) is 78.9 Å². The molecule has 8 nitrogen and oxygen atoms in total. The number of likely N-dealkylation sites (N-methyl/N-ethyl adjacent to an activating group) is 1. The normalized spacial score (nSPS) is 30.1. The number of carbonyl (C=O) groups is 3. The molecule has 1 spiro atoms. The van der Waals surface area contributed by atoms with Crippen molar-refractivity contribution in [3.05, 3.63) is 84.5 Å². The Labute approximate surface area is 238 Å². The molecule has 0 saturated carbocycles. The van der Waals surface area contributed by atoms with Crippen LogP contribution in [-0.2, 0) is 20.8 Å². The van der Waals surface area contributed by atoms with E-state index >= 15 is 0 Å². The van der Waals surface area contributed by atoms with Crippen LogP contribution < -0.4 is 9.64 Å². The maximum absolute atomic E-state index is 14.6. The quantitative estimate of drug-likeness (QED) is 0.548. The number of amides is 3. The van der Waals surface area contributed by atoms with Gasteiger partial charge in [0, 0.05) is 31.1 Å². The van der Waals surface area contributed by atoms with Crippen LogP contribution >= 0.6 is 11.8 Å². The highest BCUT2D eigenvalue weighted by Crippen LogP contribution is 2.61. The number of aliphatic hydroxyl groups excluding tert-OH is 1. The Morgan fingerprint density at radius 3 is 2.45 bits per heavy atom. The van der Waals surface area contributed by atoms with E-state index in [0.717, 1.165) is 5.56 Å². The number of anilines is 1. The van der Waals surface area contributed by atoms with E-state index in [4.69, 9.17) is 4.74 Å². The van der Waals surface area contributed by atoms with Crippen molar-refractivity contribution in [1.82, 2.24) is 9.80 Å². The van der Waals surface area contributed by atoms with Gasteiger partial charge in [-0.15, -0.1) is 11.8 Å². The molecule has 0 aromatic heterocycles. The van der Waals surface area contributed by atoms with E-state index in [9.17, 15) is 19.5 Å². The summed E-state index contributed by atoms with van der Waals surface area (Å²) in [5, 5.41) is 10.4. The van der Waals surface area contributed by atoms with Crippen molar-refractivity contribution in [2.45, 2.75) is 28.5 Å². The smallest absolute Gasteiger partial charge is 0.251 e. The Bertz CT molecular complexity index is 1360. The number of fused-ring (bicyclic) bond motifs is 2. The summed E-state index contributed by atoms with van der Waals surface area (Å²) in [6.07, 6.45) is 8.35. The Balaban J connectivity index is 1.47. The Morgan fingerprint density at radius 2 is 1.75 bits per heavy atom. The summed E-state index contributed by atoms with van der Waals surface area (Å²) in [4.78, 5) is 47.8. The van der Waals surface area contributed by atoms with E-state index in [-0.39, 0.29) is 29.6 Å². The molecule has 6 rings (SSSR count). The number of hydrogen-bond donors (Lipinski definition) is 1. The maximum Gasteiger partial charge on any atom is 0.251 e. The van der Waals surface area contributed by atoms with E-state index in [1.165, 1.54) is 0 Å². The molecular formula is C31H33N3O5S. The van der Waals surface area contributed by atoms with Crippen LogP contribution in [-0.4, -0.2) is 88.6 Å². The van der Waals surface area contributed by atoms with E-state index in [0.29, 0.717) is 30.9 Å². The number of aliphatic hydroxyl groups is 1. The molecule has 3 amide bonds. The lowest BCUT2D eigenvalue weighted by molar-refractivity contribution is -0.144. The zero-order valence-corrected chi connectivity index (χ0v) is 23.4. The second-order valence-corrected chi connectivity index (χ2v) is 12.3. The highest BCUT2D eigenvalue weighted by molar-refractivity contribution is 8.02. The SMILES string of the molecule is COc1ccc(N2CC=C[C@]34S[C@H]5C=CCN(C)C(=O)[C@H]5[C@H]3C(=O)N([C@@H](CO)Cc3ccccc3)C4C2=O)cc1. The molecule has 1 unspecified atom stereocenters. The van der Waals surface area contributed by atoms with Crippen molar-refractivity contribution in [3.63, 3.8) is 0 Å². The average molecular weight is 560 g/mol. The zero-order valence-electron chi connectivity index (χ0n) is 22.6. The van der Waals surface area contributed by atoms with E-state index in [2.05, 4.69) is 0 Å². The Kier molecular flexibility index (Phi) is 6.96. The van der Waals surface area contributed by atoms with Crippen LogP contribution in [0, 0.1) is 11.8 Å². The molecule has 4 aliphatic rings. The lowest BCUT2D eigenvalue weighted by Gasteiger charge is -2.38. The summed E-state index contributed by atoms with van der Waals surface area (Å²) < 4.78 is 4.37. The van der Waals surface area contributed by atoms with Crippen molar-refractivity contribution in [3.8, 4) is 5.75 Å². The topological polar surface area (TPSA) is 90.4 Å². The maximum atomic E-state index is 14.6. The summed E-state index contributed by atoms with van der Waals surface area (Å²) in [6.45, 7) is 0.521. The minimum Gasteiger partial charge on any atom is -0.497 e. The third kappa shape index (κ3) is 4.14. The molecule has 2 aromatic rings. The predicted octanol–water partition coefficient (Wildman–Crippen LogP) is 2.53. The molecule has 6 atom stereocenters. The molecule has 1 N–H and O–H groups in total. The summed E-state index contributed by atoms with van der Waals surface area (Å²) in [5.41, 5.74) is 1.66. The Hall–Kier alpha value is -3.56. The Morgan fingerprint density at radius 1 is 1.00 bits per heavy atom. The molecule has 0 aliphatic carbocycles. The van der Waals surface area contributed by atoms with Gasteiger partial charge in [-0.2, -0.15) is 0 Å². The van der Waals surface area contributed by atoms with Gasteiger partial charge in [0.2, 0.25) is 11.8 Å². The molecule has 2 fully saturated rings. The molecule has 208 valence electrons. The number of thioether (sulfide) groups is 1. The zero-order chi connectivity index (χ0) is 28.0. The first kappa shape index (κ1) is 26.7. The fraction of sp³-hybridized carbons (Fsp3) is 0.387. The first-order valence-electron chi connectivity index (χ1n) is 13.6. The molecule has 0 bridgehead atoms. The molecule has 2 aromatic carbocycles. The summed E-state index contributed by atoms with van der Waals surface area (Å²) in [6, 6.07) is 15.5. The number of hydrogen-bond acceptors (Lipinski definition) is 6. The fourth-order valence-electron chi connectivity index (χ4n) is 6.73. The van der Waals surface area contributed by atoms with Crippen LogP contribution in [0.4, 0.5) is 5.69 Å². The number of nitrogens with zero attached hydrogens (tertiary/aromatic N) is 3. The van der Waals surface area contributed by atoms with Crippen molar-refractivity contribution in [2.24, 2.45) is 11.8 Å². The monoisotopic (exact) mass is 559 g/mol. The van der Waals surface area contributed by atoms with Crippen molar-refractivity contribution < 1.29 is 24.2 Å². The van der Waals surface area contributed by atoms with Crippen molar-refractivity contribution in [1.29, 1.82) is 0 Å². The summed E-state index contributed by atoms with van der Waals surface area (Å²) >= 11 is 1.55. The predicted molar refractivity (Wildman–Crippen MR) is 154 cm³/mol. The average Bonchev–Trinajstić information content (AvgIpc) is 3.31. The second kappa shape index (κ2) is 10.4. The highest BCUT2D eigenvalue weighted by Gasteiger charge is 2.71. The van der Waals surface area contributed by atoms with E-state index in [1.807, 2.05) is 66.8 Å². The lowest BCUT2D eigenvalue weighted by atomic mass is 9.78. The van der Waals surface area contributed by atoms with Gasteiger partial charge in [-0.05, 0) is 36.2 Å². The van der Waals surface area contributed by atoms with Gasteiger partial charge in [0.25, 0.3) is 5.91 Å². The van der Waals surface area contributed by atoms with Gasteiger partial charge in [-0.1, -0.05) is 54.6 Å². The van der Waals surface area contributed by atoms with Crippen LogP contribution in [0.1, 0.15) is 5.56 Å². The van der Waals surface area contributed by atoms with Crippen LogP contribution in [0.3, 0.4) is 0 Å². The molecule has 4 aliphatic heterocycles. The van der Waals surface area contributed by atoms with Gasteiger partial charge in [0.05, 0.1) is 36.3 Å². The lowest BCUT2D eigenvalue weighted by Crippen LogP contribution is -2.57. The largest absolute Gasteiger partial charge is 0.497 e. The molecule has 2 saturated heterocycles. The van der Waals surface area contributed by atoms with Gasteiger partial charge >= 0.3 is 0 Å². The van der Waals surface area contributed by atoms with E-state index < -0.39 is 28.7 Å². The van der Waals surface area contributed by atoms with Gasteiger partial charge in [0.15, 0.2) is 0 Å². The minimum atomic E-state index is -0.937. The number of ether oxygens (including phenoxy) is 1. The van der Waals surface area contributed by atoms with Gasteiger partial charge < -0.3 is 24.5 Å². The standard InChI is InChI=1S/C31H33N3O5S/c1-32-16-6-10-24-25(28(32)36)26-29(37)34(22(19-35)18-20-8-4-3-5-9-20)27-30(38)33(17-7-15-31(26,27)40-24)21-11-13-23(39-2)14-12-21/h3-15,22,24-27,35H,16-19H2,1-2H3/t22-,24+,25-,26+,27?,31+/m1/s1. The van der Waals surface area contributed by atoms with E-state index in [1.54, 1.807) is 52.8 Å². The molecule has 9 heteroatoms. The minimum absolute atomic E-state index is 0.0842. The third-order valence-electron chi connectivity index (χ3n) is 8.60. The summed E-state index contributed by atoms with van der Waals surface area (Å²) in [5.74, 6) is -1.17. The first-order valence-corrected chi connectivity index (χ1v) is 14.5. The fourth-order valence-corrected chi connectivity index (χ4v) is 8.72.